The maximum Gasteiger partial charge on any atom is 0.258 e. The van der Waals surface area contributed by atoms with Crippen LogP contribution >= 0.6 is 0 Å². The summed E-state index contributed by atoms with van der Waals surface area (Å²) in [5.74, 6) is -2.37. The molecule has 3 amide bonds. The van der Waals surface area contributed by atoms with Crippen molar-refractivity contribution in [2.45, 2.75) is 0 Å². The number of benzene rings is 1. The predicted octanol–water partition coefficient (Wildman–Crippen LogP) is -0.804. The van der Waals surface area contributed by atoms with Crippen LogP contribution in [0.2, 0.25) is 0 Å². The SMILES string of the molecule is O=C1CN(C(=O)c2cc(O)ccc2O)CC(=O)N1. The van der Waals surface area contributed by atoms with Crippen molar-refractivity contribution in [3.8, 4) is 11.5 Å². The average Bonchev–Trinajstić information content (AvgIpc) is 2.30. The van der Waals surface area contributed by atoms with E-state index in [9.17, 15) is 24.6 Å². The molecule has 18 heavy (non-hydrogen) atoms. The Balaban J connectivity index is 2.28. The van der Waals surface area contributed by atoms with Crippen LogP contribution < -0.4 is 5.32 Å². The Morgan fingerprint density at radius 2 is 1.78 bits per heavy atom. The number of phenolic OH excluding ortho intramolecular Hbond substituents is 2. The molecular weight excluding hydrogens is 240 g/mol. The van der Waals surface area contributed by atoms with Crippen LogP contribution in [0.5, 0.6) is 11.5 Å². The minimum absolute atomic E-state index is 0.155. The van der Waals surface area contributed by atoms with Crippen LogP contribution in [0, 0.1) is 0 Å². The fraction of sp³-hybridized carbons (Fsp3) is 0.182. The third-order valence-corrected chi connectivity index (χ3v) is 2.45. The molecule has 1 aliphatic rings. The van der Waals surface area contributed by atoms with Gasteiger partial charge in [-0.05, 0) is 18.2 Å². The van der Waals surface area contributed by atoms with E-state index in [0.29, 0.717) is 0 Å². The summed E-state index contributed by atoms with van der Waals surface area (Å²) in [6.07, 6.45) is 0. The van der Waals surface area contributed by atoms with E-state index in [4.69, 9.17) is 0 Å². The molecule has 1 heterocycles. The van der Waals surface area contributed by atoms with Crippen LogP contribution in [0.4, 0.5) is 0 Å². The van der Waals surface area contributed by atoms with Crippen LogP contribution in [0.1, 0.15) is 10.4 Å². The standard InChI is InChI=1S/C11H10N2O5/c14-6-1-2-8(15)7(3-6)11(18)13-4-9(16)12-10(17)5-13/h1-3,14-15H,4-5H2,(H,12,16,17). The number of carbonyl (C=O) groups excluding carboxylic acids is 3. The predicted molar refractivity (Wildman–Crippen MR) is 58.8 cm³/mol. The number of phenols is 2. The van der Waals surface area contributed by atoms with Crippen molar-refractivity contribution in [1.29, 1.82) is 0 Å². The first-order valence-electron chi connectivity index (χ1n) is 5.11. The Morgan fingerprint density at radius 1 is 1.17 bits per heavy atom. The van der Waals surface area contributed by atoms with Crippen molar-refractivity contribution in [2.24, 2.45) is 0 Å². The molecule has 1 fully saturated rings. The number of aromatic hydroxyl groups is 2. The summed E-state index contributed by atoms with van der Waals surface area (Å²) in [6, 6.07) is 3.46. The van der Waals surface area contributed by atoms with Gasteiger partial charge >= 0.3 is 0 Å². The van der Waals surface area contributed by atoms with Crippen LogP contribution in [0.15, 0.2) is 18.2 Å². The second-order valence-electron chi connectivity index (χ2n) is 3.83. The van der Waals surface area contributed by atoms with E-state index in [1.165, 1.54) is 6.07 Å². The first-order valence-corrected chi connectivity index (χ1v) is 5.11. The van der Waals surface area contributed by atoms with Crippen LogP contribution in [-0.4, -0.2) is 45.9 Å². The van der Waals surface area contributed by atoms with Crippen LogP contribution in [0.3, 0.4) is 0 Å². The molecule has 1 saturated heterocycles. The first kappa shape index (κ1) is 11.9. The van der Waals surface area contributed by atoms with Crippen molar-refractivity contribution in [2.75, 3.05) is 13.1 Å². The number of piperazine rings is 1. The van der Waals surface area contributed by atoms with E-state index >= 15 is 0 Å². The van der Waals surface area contributed by atoms with Crippen molar-refractivity contribution in [3.05, 3.63) is 23.8 Å². The van der Waals surface area contributed by atoms with Crippen molar-refractivity contribution >= 4 is 17.7 Å². The summed E-state index contributed by atoms with van der Waals surface area (Å²) in [6.45, 7) is -0.528. The van der Waals surface area contributed by atoms with Crippen LogP contribution in [-0.2, 0) is 9.59 Å². The highest BCUT2D eigenvalue weighted by Gasteiger charge is 2.28. The molecule has 1 aliphatic heterocycles. The Morgan fingerprint density at radius 3 is 2.39 bits per heavy atom. The zero-order valence-corrected chi connectivity index (χ0v) is 9.21. The highest BCUT2D eigenvalue weighted by atomic mass is 16.3. The number of carbonyl (C=O) groups is 3. The van der Waals surface area contributed by atoms with Gasteiger partial charge in [0.05, 0.1) is 5.56 Å². The summed E-state index contributed by atoms with van der Waals surface area (Å²) >= 11 is 0. The van der Waals surface area contributed by atoms with Gasteiger partial charge in [-0.15, -0.1) is 0 Å². The van der Waals surface area contributed by atoms with Gasteiger partial charge in [0, 0.05) is 0 Å². The molecular formula is C11H10N2O5. The highest BCUT2D eigenvalue weighted by Crippen LogP contribution is 2.23. The lowest BCUT2D eigenvalue weighted by molar-refractivity contribution is -0.135. The molecule has 2 rings (SSSR count). The second kappa shape index (κ2) is 4.36. The monoisotopic (exact) mass is 250 g/mol. The fourth-order valence-electron chi connectivity index (χ4n) is 1.65. The molecule has 1 aromatic rings. The third-order valence-electron chi connectivity index (χ3n) is 2.45. The number of nitrogens with one attached hydrogen (secondary N) is 1. The molecule has 7 nitrogen and oxygen atoms in total. The maximum absolute atomic E-state index is 12.0. The number of rotatable bonds is 1. The molecule has 1 aromatic carbocycles. The number of nitrogens with zero attached hydrogens (tertiary/aromatic N) is 1. The molecule has 0 radical (unpaired) electrons. The summed E-state index contributed by atoms with van der Waals surface area (Å²) < 4.78 is 0. The number of amides is 3. The summed E-state index contributed by atoms with van der Waals surface area (Å²) in [5.41, 5.74) is -0.155. The van der Waals surface area contributed by atoms with Gasteiger partial charge in [0.1, 0.15) is 24.6 Å². The van der Waals surface area contributed by atoms with Gasteiger partial charge in [0.25, 0.3) is 5.91 Å². The average molecular weight is 250 g/mol. The van der Waals surface area contributed by atoms with Gasteiger partial charge < -0.3 is 15.1 Å². The number of imide groups is 1. The van der Waals surface area contributed by atoms with Crippen LogP contribution in [0.25, 0.3) is 0 Å². The van der Waals surface area contributed by atoms with Crippen molar-refractivity contribution in [1.82, 2.24) is 10.2 Å². The van der Waals surface area contributed by atoms with Gasteiger partial charge in [0.2, 0.25) is 11.8 Å². The Kier molecular flexibility index (Phi) is 2.88. The molecule has 0 aliphatic carbocycles. The summed E-state index contributed by atoms with van der Waals surface area (Å²) in [4.78, 5) is 35.2. The van der Waals surface area contributed by atoms with E-state index in [1.54, 1.807) is 0 Å². The van der Waals surface area contributed by atoms with Gasteiger partial charge in [-0.3, -0.25) is 19.7 Å². The zero-order valence-electron chi connectivity index (χ0n) is 9.21. The maximum atomic E-state index is 12.0. The minimum Gasteiger partial charge on any atom is -0.508 e. The second-order valence-corrected chi connectivity index (χ2v) is 3.83. The normalized spacial score (nSPS) is 15.4. The zero-order chi connectivity index (χ0) is 13.3. The lowest BCUT2D eigenvalue weighted by Gasteiger charge is -2.25. The first-order chi connectivity index (χ1) is 8.47. The largest absolute Gasteiger partial charge is 0.508 e. The molecule has 94 valence electrons. The third kappa shape index (κ3) is 2.24. The van der Waals surface area contributed by atoms with Crippen molar-refractivity contribution in [3.63, 3.8) is 0 Å². The minimum atomic E-state index is -0.688. The Hall–Kier alpha value is -2.57. The summed E-state index contributed by atoms with van der Waals surface area (Å²) in [7, 11) is 0. The van der Waals surface area contributed by atoms with Gasteiger partial charge in [0.15, 0.2) is 0 Å². The van der Waals surface area contributed by atoms with Gasteiger partial charge in [-0.25, -0.2) is 0 Å². The molecule has 7 heteroatoms. The van der Waals surface area contributed by atoms with Gasteiger partial charge in [-0.2, -0.15) is 0 Å². The van der Waals surface area contributed by atoms with E-state index in [1.807, 2.05) is 0 Å². The van der Waals surface area contributed by atoms with E-state index in [0.717, 1.165) is 17.0 Å². The molecule has 3 N–H and O–H groups in total. The lowest BCUT2D eigenvalue weighted by atomic mass is 10.1. The molecule has 0 bridgehead atoms. The molecule has 0 aromatic heterocycles. The molecule has 0 saturated carbocycles. The Bertz CT molecular complexity index is 524. The number of hydrogen-bond donors (Lipinski definition) is 3. The fourth-order valence-corrected chi connectivity index (χ4v) is 1.65. The molecule has 0 atom stereocenters. The summed E-state index contributed by atoms with van der Waals surface area (Å²) in [5, 5.41) is 20.8. The van der Waals surface area contributed by atoms with Crippen molar-refractivity contribution < 1.29 is 24.6 Å². The molecule has 0 spiro atoms. The quantitative estimate of drug-likeness (QED) is 0.446. The van der Waals surface area contributed by atoms with E-state index < -0.39 is 17.7 Å². The van der Waals surface area contributed by atoms with Gasteiger partial charge in [-0.1, -0.05) is 0 Å². The Labute approximate surface area is 102 Å². The lowest BCUT2D eigenvalue weighted by Crippen LogP contribution is -2.53. The highest BCUT2D eigenvalue weighted by molar-refractivity contribution is 6.06. The smallest absolute Gasteiger partial charge is 0.258 e. The van der Waals surface area contributed by atoms with E-state index in [-0.39, 0.29) is 30.2 Å². The van der Waals surface area contributed by atoms with E-state index in [2.05, 4.69) is 5.32 Å². The number of hydrogen-bond acceptors (Lipinski definition) is 5. The topological polar surface area (TPSA) is 107 Å². The molecule has 0 unspecified atom stereocenters.